The first-order chi connectivity index (χ1) is 10.3. The Morgan fingerprint density at radius 2 is 1.86 bits per heavy atom. The Morgan fingerprint density at radius 1 is 1.10 bits per heavy atom. The Balaban J connectivity index is 2.33. The number of benzene rings is 1. The van der Waals surface area contributed by atoms with Crippen molar-refractivity contribution in [3.05, 3.63) is 42.1 Å². The molecular formula is C18H25N3. The van der Waals surface area contributed by atoms with Crippen LogP contribution in [0, 0.1) is 0 Å². The molecule has 1 heterocycles. The maximum absolute atomic E-state index is 5.81. The molecule has 0 saturated carbocycles. The van der Waals surface area contributed by atoms with Crippen LogP contribution in [0.5, 0.6) is 0 Å². The van der Waals surface area contributed by atoms with E-state index in [0.717, 1.165) is 17.7 Å². The number of unbranched alkanes of at least 4 members (excludes halogenated alkanes) is 2. The highest BCUT2D eigenvalue weighted by Crippen LogP contribution is 2.32. The zero-order chi connectivity index (χ0) is 15.1. The quantitative estimate of drug-likeness (QED) is 0.742. The van der Waals surface area contributed by atoms with Crippen molar-refractivity contribution in [3.63, 3.8) is 0 Å². The molecule has 1 aromatic carbocycles. The van der Waals surface area contributed by atoms with E-state index in [0.29, 0.717) is 11.9 Å². The molecule has 1 atom stereocenters. The highest BCUT2D eigenvalue weighted by Gasteiger charge is 2.16. The maximum atomic E-state index is 5.81. The third kappa shape index (κ3) is 4.03. The number of nitrogens with two attached hydrogens (primary N) is 1. The Bertz CT molecular complexity index is 552. The van der Waals surface area contributed by atoms with Crippen LogP contribution >= 0.6 is 0 Å². The Labute approximate surface area is 127 Å². The van der Waals surface area contributed by atoms with Gasteiger partial charge in [-0.1, -0.05) is 63.4 Å². The first-order valence-electron chi connectivity index (χ1n) is 7.94. The van der Waals surface area contributed by atoms with Gasteiger partial charge in [-0.15, -0.1) is 0 Å². The van der Waals surface area contributed by atoms with Crippen LogP contribution in [0.25, 0.3) is 11.3 Å². The molecule has 3 heteroatoms. The molecule has 2 N–H and O–H groups in total. The Morgan fingerprint density at radius 3 is 2.52 bits per heavy atom. The monoisotopic (exact) mass is 283 g/mol. The van der Waals surface area contributed by atoms with Crippen LogP contribution in [0.1, 0.15) is 57.4 Å². The van der Waals surface area contributed by atoms with Gasteiger partial charge in [0.25, 0.3) is 0 Å². The molecule has 0 saturated heterocycles. The lowest BCUT2D eigenvalue weighted by molar-refractivity contribution is 0.552. The fourth-order valence-corrected chi connectivity index (χ4v) is 2.75. The lowest BCUT2D eigenvalue weighted by Gasteiger charge is -2.18. The lowest BCUT2D eigenvalue weighted by atomic mass is 9.89. The SMILES string of the molecule is CCCCCC(CC)c1cnc(N)nc1-c1ccccc1. The molecule has 1 aromatic heterocycles. The number of aromatic nitrogens is 2. The van der Waals surface area contributed by atoms with Gasteiger partial charge in [0, 0.05) is 17.3 Å². The minimum atomic E-state index is 0.348. The van der Waals surface area contributed by atoms with Crippen molar-refractivity contribution in [2.45, 2.75) is 51.9 Å². The first-order valence-corrected chi connectivity index (χ1v) is 7.94. The molecule has 0 spiro atoms. The van der Waals surface area contributed by atoms with E-state index in [9.17, 15) is 0 Å². The number of nitrogens with zero attached hydrogens (tertiary/aromatic N) is 2. The minimum absolute atomic E-state index is 0.348. The normalized spacial score (nSPS) is 12.3. The summed E-state index contributed by atoms with van der Waals surface area (Å²) < 4.78 is 0. The lowest BCUT2D eigenvalue weighted by Crippen LogP contribution is -2.06. The van der Waals surface area contributed by atoms with Crippen LogP contribution in [-0.2, 0) is 0 Å². The minimum Gasteiger partial charge on any atom is -0.368 e. The largest absolute Gasteiger partial charge is 0.368 e. The van der Waals surface area contributed by atoms with Gasteiger partial charge in [-0.25, -0.2) is 9.97 Å². The van der Waals surface area contributed by atoms with E-state index >= 15 is 0 Å². The van der Waals surface area contributed by atoms with Crippen LogP contribution in [-0.4, -0.2) is 9.97 Å². The fraction of sp³-hybridized carbons (Fsp3) is 0.444. The Hall–Kier alpha value is -1.90. The number of nitrogen functional groups attached to an aromatic ring is 1. The standard InChI is InChI=1S/C18H25N3/c1-3-5-7-10-14(4-2)16-13-20-18(19)21-17(16)15-11-8-6-9-12-15/h6,8-9,11-14H,3-5,7,10H2,1-2H3,(H2,19,20,21). The summed E-state index contributed by atoms with van der Waals surface area (Å²) in [6.45, 7) is 4.48. The molecule has 0 bridgehead atoms. The molecule has 0 amide bonds. The molecule has 0 fully saturated rings. The third-order valence-electron chi connectivity index (χ3n) is 3.97. The zero-order valence-corrected chi connectivity index (χ0v) is 13.0. The fourth-order valence-electron chi connectivity index (χ4n) is 2.75. The zero-order valence-electron chi connectivity index (χ0n) is 13.0. The van der Waals surface area contributed by atoms with Gasteiger partial charge in [0.1, 0.15) is 0 Å². The number of hydrogen-bond acceptors (Lipinski definition) is 3. The second kappa shape index (κ2) is 7.77. The molecular weight excluding hydrogens is 258 g/mol. The average Bonchev–Trinajstić information content (AvgIpc) is 2.53. The topological polar surface area (TPSA) is 51.8 Å². The number of rotatable bonds is 7. The van der Waals surface area contributed by atoms with Crippen molar-refractivity contribution < 1.29 is 0 Å². The molecule has 2 aromatic rings. The third-order valence-corrected chi connectivity index (χ3v) is 3.97. The highest BCUT2D eigenvalue weighted by atomic mass is 15.0. The highest BCUT2D eigenvalue weighted by molar-refractivity contribution is 5.64. The van der Waals surface area contributed by atoms with Crippen molar-refractivity contribution in [3.8, 4) is 11.3 Å². The van der Waals surface area contributed by atoms with Crippen molar-refractivity contribution in [2.24, 2.45) is 0 Å². The van der Waals surface area contributed by atoms with Gasteiger partial charge in [0.15, 0.2) is 0 Å². The number of anilines is 1. The van der Waals surface area contributed by atoms with E-state index in [1.165, 1.54) is 31.2 Å². The predicted molar refractivity (Wildman–Crippen MR) is 89.1 cm³/mol. The van der Waals surface area contributed by atoms with Crippen LogP contribution < -0.4 is 5.73 Å². The summed E-state index contributed by atoms with van der Waals surface area (Å²) in [6, 6.07) is 10.3. The van der Waals surface area contributed by atoms with E-state index < -0.39 is 0 Å². The van der Waals surface area contributed by atoms with Crippen molar-refractivity contribution in [1.82, 2.24) is 9.97 Å². The van der Waals surface area contributed by atoms with Crippen LogP contribution in [0.3, 0.4) is 0 Å². The van der Waals surface area contributed by atoms with Gasteiger partial charge in [-0.05, 0) is 18.8 Å². The summed E-state index contributed by atoms with van der Waals surface area (Å²) in [4.78, 5) is 8.74. The van der Waals surface area contributed by atoms with Gasteiger partial charge in [-0.3, -0.25) is 0 Å². The summed E-state index contributed by atoms with van der Waals surface area (Å²) >= 11 is 0. The van der Waals surface area contributed by atoms with Gasteiger partial charge in [0.2, 0.25) is 5.95 Å². The van der Waals surface area contributed by atoms with E-state index in [1.54, 1.807) is 0 Å². The van der Waals surface area contributed by atoms with Crippen LogP contribution in [0.2, 0.25) is 0 Å². The van der Waals surface area contributed by atoms with Crippen LogP contribution in [0.15, 0.2) is 36.5 Å². The molecule has 1 unspecified atom stereocenters. The molecule has 3 nitrogen and oxygen atoms in total. The number of hydrogen-bond donors (Lipinski definition) is 1. The van der Waals surface area contributed by atoms with Gasteiger partial charge in [0.05, 0.1) is 5.69 Å². The smallest absolute Gasteiger partial charge is 0.220 e. The van der Waals surface area contributed by atoms with Crippen LogP contribution in [0.4, 0.5) is 5.95 Å². The van der Waals surface area contributed by atoms with E-state index in [1.807, 2.05) is 24.4 Å². The Kier molecular flexibility index (Phi) is 5.73. The van der Waals surface area contributed by atoms with Gasteiger partial charge in [-0.2, -0.15) is 0 Å². The van der Waals surface area contributed by atoms with Crippen molar-refractivity contribution >= 4 is 5.95 Å². The van der Waals surface area contributed by atoms with E-state index in [4.69, 9.17) is 5.73 Å². The molecule has 112 valence electrons. The van der Waals surface area contributed by atoms with Crippen molar-refractivity contribution in [2.75, 3.05) is 5.73 Å². The molecule has 0 radical (unpaired) electrons. The van der Waals surface area contributed by atoms with E-state index in [2.05, 4.69) is 35.9 Å². The molecule has 0 aliphatic heterocycles. The summed E-state index contributed by atoms with van der Waals surface area (Å²) in [6.07, 6.45) is 8.01. The van der Waals surface area contributed by atoms with E-state index in [-0.39, 0.29) is 0 Å². The van der Waals surface area contributed by atoms with Gasteiger partial charge < -0.3 is 5.73 Å². The molecule has 2 rings (SSSR count). The second-order valence-corrected chi connectivity index (χ2v) is 5.50. The summed E-state index contributed by atoms with van der Waals surface area (Å²) in [5, 5.41) is 0. The summed E-state index contributed by atoms with van der Waals surface area (Å²) in [5.74, 6) is 0.855. The van der Waals surface area contributed by atoms with Gasteiger partial charge >= 0.3 is 0 Å². The molecule has 0 aliphatic rings. The summed E-state index contributed by atoms with van der Waals surface area (Å²) in [7, 11) is 0. The first kappa shape index (κ1) is 15.5. The molecule has 0 aliphatic carbocycles. The molecule has 21 heavy (non-hydrogen) atoms. The maximum Gasteiger partial charge on any atom is 0.220 e. The van der Waals surface area contributed by atoms with Crippen molar-refractivity contribution in [1.29, 1.82) is 0 Å². The second-order valence-electron chi connectivity index (χ2n) is 5.50. The predicted octanol–water partition coefficient (Wildman–Crippen LogP) is 4.80. The summed E-state index contributed by atoms with van der Waals surface area (Å²) in [5.41, 5.74) is 9.15. The average molecular weight is 283 g/mol.